The Labute approximate surface area is 233 Å². The van der Waals surface area contributed by atoms with Crippen LogP contribution in [-0.2, 0) is 11.8 Å². The lowest BCUT2D eigenvalue weighted by atomic mass is 10.1. The molecule has 0 bridgehead atoms. The van der Waals surface area contributed by atoms with Crippen molar-refractivity contribution in [2.45, 2.75) is 6.92 Å². The fraction of sp³-hybridized carbons (Fsp3) is 0.0667. The summed E-state index contributed by atoms with van der Waals surface area (Å²) in [4.78, 5) is 26.5. The zero-order valence-corrected chi connectivity index (χ0v) is 22.8. The van der Waals surface area contributed by atoms with E-state index in [2.05, 4.69) is 21.2 Å². The first-order chi connectivity index (χ1) is 18.9. The molecule has 0 saturated carbocycles. The summed E-state index contributed by atoms with van der Waals surface area (Å²) in [6, 6.07) is 28.3. The van der Waals surface area contributed by atoms with Crippen molar-refractivity contribution >= 4 is 33.6 Å². The number of hydrogen-bond donors (Lipinski definition) is 1. The maximum absolute atomic E-state index is 13.3. The van der Waals surface area contributed by atoms with E-state index >= 15 is 0 Å². The Bertz CT molecular complexity index is 1790. The summed E-state index contributed by atoms with van der Waals surface area (Å²) in [7, 11) is 1.74. The lowest BCUT2D eigenvalue weighted by molar-refractivity contribution is -0.112. The third-order valence-electron chi connectivity index (χ3n) is 6.34. The number of hydrogen-bond acceptors (Lipinski definition) is 4. The number of carbonyl (C=O) groups excluding carboxylic acids is 1. The predicted molar refractivity (Wildman–Crippen MR) is 155 cm³/mol. The van der Waals surface area contributed by atoms with E-state index in [-0.39, 0.29) is 16.8 Å². The molecule has 0 aliphatic rings. The molecule has 0 aliphatic carbocycles. The number of amides is 1. The van der Waals surface area contributed by atoms with Crippen LogP contribution < -0.4 is 10.9 Å². The minimum absolute atomic E-state index is 0.112. The highest BCUT2D eigenvalue weighted by Crippen LogP contribution is 2.27. The molecule has 39 heavy (non-hydrogen) atoms. The third kappa shape index (κ3) is 5.10. The number of aromatic nitrogens is 4. The highest BCUT2D eigenvalue weighted by Gasteiger charge is 2.21. The van der Waals surface area contributed by atoms with E-state index in [1.165, 1.54) is 10.8 Å². The van der Waals surface area contributed by atoms with E-state index < -0.39 is 5.91 Å². The Morgan fingerprint density at radius 3 is 2.21 bits per heavy atom. The van der Waals surface area contributed by atoms with E-state index in [1.54, 1.807) is 41.7 Å². The van der Waals surface area contributed by atoms with Crippen LogP contribution in [-0.4, -0.2) is 25.1 Å². The van der Waals surface area contributed by atoms with Crippen LogP contribution in [0, 0.1) is 18.3 Å². The van der Waals surface area contributed by atoms with Gasteiger partial charge in [-0.05, 0) is 49.4 Å². The van der Waals surface area contributed by atoms with Crippen molar-refractivity contribution < 1.29 is 4.79 Å². The molecule has 0 atom stereocenters. The molecule has 0 aliphatic heterocycles. The smallest absolute Gasteiger partial charge is 0.295 e. The van der Waals surface area contributed by atoms with Crippen LogP contribution in [0.15, 0.2) is 106 Å². The number of rotatable bonds is 6. The van der Waals surface area contributed by atoms with E-state index in [9.17, 15) is 14.9 Å². The molecule has 8 nitrogen and oxygen atoms in total. The molecule has 0 unspecified atom stereocenters. The van der Waals surface area contributed by atoms with E-state index in [1.807, 2.05) is 78.9 Å². The molecule has 0 fully saturated rings. The van der Waals surface area contributed by atoms with Gasteiger partial charge in [0.1, 0.15) is 17.3 Å². The predicted octanol–water partition coefficient (Wildman–Crippen LogP) is 5.65. The fourth-order valence-corrected chi connectivity index (χ4v) is 4.50. The van der Waals surface area contributed by atoms with Gasteiger partial charge in [0.05, 0.1) is 22.8 Å². The number of anilines is 1. The topological polar surface area (TPSA) is 97.6 Å². The Morgan fingerprint density at radius 2 is 1.59 bits per heavy atom. The first-order valence-corrected chi connectivity index (χ1v) is 12.8. The minimum atomic E-state index is -0.683. The summed E-state index contributed by atoms with van der Waals surface area (Å²) in [6.45, 7) is 1.74. The summed E-state index contributed by atoms with van der Waals surface area (Å²) >= 11 is 3.45. The second kappa shape index (κ2) is 10.8. The third-order valence-corrected chi connectivity index (χ3v) is 6.87. The van der Waals surface area contributed by atoms with Gasteiger partial charge in [0, 0.05) is 28.8 Å². The minimum Gasteiger partial charge on any atom is -0.315 e. The molecule has 5 aromatic rings. The second-order valence-electron chi connectivity index (χ2n) is 8.78. The molecule has 0 spiro atoms. The fourth-order valence-electron chi connectivity index (χ4n) is 4.24. The molecule has 2 heterocycles. The number of nitrogens with one attached hydrogen (secondary N) is 1. The summed E-state index contributed by atoms with van der Waals surface area (Å²) in [5.41, 5.74) is 3.63. The maximum atomic E-state index is 13.3. The Morgan fingerprint density at radius 1 is 0.974 bits per heavy atom. The zero-order valence-electron chi connectivity index (χ0n) is 21.2. The number of halogens is 1. The number of benzene rings is 3. The Balaban J connectivity index is 1.54. The monoisotopic (exact) mass is 578 g/mol. The van der Waals surface area contributed by atoms with Gasteiger partial charge in [-0.2, -0.15) is 10.4 Å². The number of para-hydroxylation sites is 2. The summed E-state index contributed by atoms with van der Waals surface area (Å²) in [5, 5.41) is 17.3. The Hall–Kier alpha value is -4.94. The van der Waals surface area contributed by atoms with Gasteiger partial charge in [-0.15, -0.1) is 0 Å². The second-order valence-corrected chi connectivity index (χ2v) is 9.70. The van der Waals surface area contributed by atoms with Crippen LogP contribution in [0.5, 0.6) is 0 Å². The summed E-state index contributed by atoms with van der Waals surface area (Å²) in [5.74, 6) is -0.683. The van der Waals surface area contributed by atoms with E-state index in [0.29, 0.717) is 22.6 Å². The average molecular weight is 579 g/mol. The van der Waals surface area contributed by atoms with E-state index in [0.717, 1.165) is 15.7 Å². The average Bonchev–Trinajstić information content (AvgIpc) is 3.47. The van der Waals surface area contributed by atoms with Gasteiger partial charge in [0.15, 0.2) is 0 Å². The Kier molecular flexibility index (Phi) is 7.12. The first kappa shape index (κ1) is 25.7. The van der Waals surface area contributed by atoms with Crippen LogP contribution in [0.4, 0.5) is 5.69 Å². The summed E-state index contributed by atoms with van der Waals surface area (Å²) < 4.78 is 5.76. The standard InChI is InChI=1S/C30H23BrN6O2/c1-20-27(30(39)37(35(20)2)26-11-7-4-8-12-26)33-29(38)22(18-32)17-23-19-36(25-9-5-3-6-10-25)34-28(23)21-13-15-24(31)16-14-21/h3-17,19H,1-2H3,(H,33,38)/b22-17+. The molecular weight excluding hydrogens is 556 g/mol. The molecule has 5 rings (SSSR count). The molecule has 3 aromatic carbocycles. The van der Waals surface area contributed by atoms with Crippen molar-refractivity contribution in [3.05, 3.63) is 123 Å². The van der Waals surface area contributed by atoms with Crippen molar-refractivity contribution in [1.82, 2.24) is 19.1 Å². The van der Waals surface area contributed by atoms with Crippen molar-refractivity contribution in [3.8, 4) is 28.7 Å². The van der Waals surface area contributed by atoms with Crippen LogP contribution in [0.3, 0.4) is 0 Å². The molecule has 0 radical (unpaired) electrons. The lowest BCUT2D eigenvalue weighted by Gasteiger charge is -2.07. The van der Waals surface area contributed by atoms with Gasteiger partial charge in [0.25, 0.3) is 11.5 Å². The van der Waals surface area contributed by atoms with Gasteiger partial charge >= 0.3 is 0 Å². The van der Waals surface area contributed by atoms with Gasteiger partial charge in [-0.25, -0.2) is 9.36 Å². The molecule has 0 saturated heterocycles. The highest BCUT2D eigenvalue weighted by atomic mass is 79.9. The van der Waals surface area contributed by atoms with Crippen molar-refractivity contribution in [1.29, 1.82) is 5.26 Å². The van der Waals surface area contributed by atoms with E-state index in [4.69, 9.17) is 5.10 Å². The number of nitriles is 1. The van der Waals surface area contributed by atoms with Crippen molar-refractivity contribution in [3.63, 3.8) is 0 Å². The number of nitrogens with zero attached hydrogens (tertiary/aromatic N) is 5. The number of carbonyl (C=O) groups is 1. The molecular formula is C30H23BrN6O2. The van der Waals surface area contributed by atoms with Crippen molar-refractivity contribution in [2.24, 2.45) is 7.05 Å². The van der Waals surface area contributed by atoms with Crippen LogP contribution in [0.2, 0.25) is 0 Å². The van der Waals surface area contributed by atoms with Crippen molar-refractivity contribution in [2.75, 3.05) is 5.32 Å². The quantitative estimate of drug-likeness (QED) is 0.208. The molecule has 1 N–H and O–H groups in total. The largest absolute Gasteiger partial charge is 0.315 e. The first-order valence-electron chi connectivity index (χ1n) is 12.1. The van der Waals surface area contributed by atoms with Gasteiger partial charge < -0.3 is 5.32 Å². The van der Waals surface area contributed by atoms with Crippen LogP contribution >= 0.6 is 15.9 Å². The molecule has 9 heteroatoms. The van der Waals surface area contributed by atoms with Gasteiger partial charge in [-0.1, -0.05) is 64.5 Å². The lowest BCUT2D eigenvalue weighted by Crippen LogP contribution is -2.23. The van der Waals surface area contributed by atoms with Gasteiger partial charge in [-0.3, -0.25) is 14.3 Å². The van der Waals surface area contributed by atoms with Crippen LogP contribution in [0.1, 0.15) is 11.3 Å². The summed E-state index contributed by atoms with van der Waals surface area (Å²) in [6.07, 6.45) is 3.26. The zero-order chi connectivity index (χ0) is 27.5. The van der Waals surface area contributed by atoms with Gasteiger partial charge in [0.2, 0.25) is 0 Å². The molecule has 192 valence electrons. The van der Waals surface area contributed by atoms with Crippen LogP contribution in [0.25, 0.3) is 28.7 Å². The SMILES string of the molecule is Cc1c(NC(=O)/C(C#N)=C/c2cn(-c3ccccc3)nc2-c2ccc(Br)cc2)c(=O)n(-c2ccccc2)n1C. The maximum Gasteiger partial charge on any atom is 0.295 e. The highest BCUT2D eigenvalue weighted by molar-refractivity contribution is 9.10. The molecule has 2 aromatic heterocycles. The normalized spacial score (nSPS) is 11.3. The molecule has 1 amide bonds.